The van der Waals surface area contributed by atoms with Gasteiger partial charge < -0.3 is 0 Å². The molecule has 0 saturated carbocycles. The topological polar surface area (TPSA) is 16.1 Å². The molecule has 2 aromatic rings. The summed E-state index contributed by atoms with van der Waals surface area (Å²) in [4.78, 5) is 6.23. The molecule has 18 heavy (non-hydrogen) atoms. The summed E-state index contributed by atoms with van der Waals surface area (Å²) in [6.07, 6.45) is 1.69. The van der Waals surface area contributed by atoms with Gasteiger partial charge >= 0.3 is 0 Å². The summed E-state index contributed by atoms with van der Waals surface area (Å²) >= 11 is 12.2. The second-order valence-electron chi connectivity index (χ2n) is 4.22. The molecule has 1 aromatic heterocycles. The maximum absolute atomic E-state index is 6.14. The molecule has 0 aliphatic rings. The number of pyridine rings is 1. The van der Waals surface area contributed by atoms with Crippen LogP contribution in [-0.2, 0) is 13.1 Å². The monoisotopic (exact) mass is 280 g/mol. The minimum Gasteiger partial charge on any atom is -0.298 e. The van der Waals surface area contributed by atoms with E-state index in [1.165, 1.54) is 0 Å². The molecule has 0 atom stereocenters. The van der Waals surface area contributed by atoms with Crippen LogP contribution in [0.3, 0.4) is 0 Å². The number of aromatic nitrogens is 1. The number of halogens is 2. The maximum atomic E-state index is 6.14. The third-order valence-electron chi connectivity index (χ3n) is 2.67. The van der Waals surface area contributed by atoms with E-state index in [1.807, 2.05) is 43.4 Å². The highest BCUT2D eigenvalue weighted by Gasteiger charge is 2.07. The summed E-state index contributed by atoms with van der Waals surface area (Å²) in [5.74, 6) is 0. The van der Waals surface area contributed by atoms with Gasteiger partial charge in [0.2, 0.25) is 0 Å². The zero-order valence-electron chi connectivity index (χ0n) is 10.1. The minimum atomic E-state index is 0.559. The molecular weight excluding hydrogens is 267 g/mol. The van der Waals surface area contributed by atoms with E-state index in [4.69, 9.17) is 23.2 Å². The third kappa shape index (κ3) is 3.45. The normalized spacial score (nSPS) is 10.9. The lowest BCUT2D eigenvalue weighted by atomic mass is 10.2. The molecule has 0 radical (unpaired) electrons. The molecule has 0 bridgehead atoms. The Morgan fingerprint density at radius 3 is 2.39 bits per heavy atom. The largest absolute Gasteiger partial charge is 0.298 e. The fourth-order valence-corrected chi connectivity index (χ4v) is 2.18. The van der Waals surface area contributed by atoms with Crippen molar-refractivity contribution in [1.82, 2.24) is 9.88 Å². The van der Waals surface area contributed by atoms with Crippen LogP contribution < -0.4 is 0 Å². The Labute approximate surface area is 117 Å². The quantitative estimate of drug-likeness (QED) is 0.787. The Morgan fingerprint density at radius 1 is 1.00 bits per heavy atom. The molecule has 0 amide bonds. The van der Waals surface area contributed by atoms with Gasteiger partial charge in [-0.25, -0.2) is 4.98 Å². The lowest BCUT2D eigenvalue weighted by molar-refractivity contribution is 0.319. The summed E-state index contributed by atoms with van der Waals surface area (Å²) < 4.78 is 0. The van der Waals surface area contributed by atoms with Crippen molar-refractivity contribution >= 4 is 23.2 Å². The van der Waals surface area contributed by atoms with Gasteiger partial charge in [-0.1, -0.05) is 47.5 Å². The highest BCUT2D eigenvalue weighted by Crippen LogP contribution is 2.19. The fraction of sp³-hybridized carbons (Fsp3) is 0.214. The Kier molecular flexibility index (Phi) is 4.59. The van der Waals surface area contributed by atoms with Crippen molar-refractivity contribution in [2.24, 2.45) is 0 Å². The van der Waals surface area contributed by atoms with Crippen LogP contribution in [0.25, 0.3) is 0 Å². The molecule has 2 rings (SSSR count). The first-order valence-electron chi connectivity index (χ1n) is 5.68. The van der Waals surface area contributed by atoms with Crippen molar-refractivity contribution in [1.29, 1.82) is 0 Å². The van der Waals surface area contributed by atoms with Crippen molar-refractivity contribution in [3.8, 4) is 0 Å². The van der Waals surface area contributed by atoms with E-state index in [2.05, 4.69) is 9.88 Å². The van der Waals surface area contributed by atoms with E-state index in [9.17, 15) is 0 Å². The van der Waals surface area contributed by atoms with Crippen LogP contribution in [0.5, 0.6) is 0 Å². The predicted molar refractivity (Wildman–Crippen MR) is 75.9 cm³/mol. The smallest absolute Gasteiger partial charge is 0.133 e. The van der Waals surface area contributed by atoms with E-state index in [0.29, 0.717) is 5.15 Å². The number of hydrogen-bond donors (Lipinski definition) is 0. The van der Waals surface area contributed by atoms with Gasteiger partial charge in [0.25, 0.3) is 0 Å². The molecule has 2 nitrogen and oxygen atoms in total. The Hall–Kier alpha value is -1.09. The molecule has 1 aromatic carbocycles. The standard InChI is InChI=1S/C14H14Cl2N2/c1-18(9-11-5-2-3-7-13(11)15)10-12-6-4-8-17-14(12)16/h2-8H,9-10H2,1H3. The van der Waals surface area contributed by atoms with Gasteiger partial charge in [-0.3, -0.25) is 4.90 Å². The summed E-state index contributed by atoms with van der Waals surface area (Å²) in [6, 6.07) is 11.7. The number of rotatable bonds is 4. The zero-order chi connectivity index (χ0) is 13.0. The van der Waals surface area contributed by atoms with E-state index >= 15 is 0 Å². The molecule has 0 fully saturated rings. The molecule has 0 unspecified atom stereocenters. The van der Waals surface area contributed by atoms with Crippen molar-refractivity contribution in [2.45, 2.75) is 13.1 Å². The first-order chi connectivity index (χ1) is 8.66. The van der Waals surface area contributed by atoms with Crippen LogP contribution in [-0.4, -0.2) is 16.9 Å². The van der Waals surface area contributed by atoms with Crippen molar-refractivity contribution < 1.29 is 0 Å². The summed E-state index contributed by atoms with van der Waals surface area (Å²) in [5.41, 5.74) is 2.13. The highest BCUT2D eigenvalue weighted by molar-refractivity contribution is 6.31. The second-order valence-corrected chi connectivity index (χ2v) is 4.98. The second kappa shape index (κ2) is 6.19. The van der Waals surface area contributed by atoms with E-state index < -0.39 is 0 Å². The van der Waals surface area contributed by atoms with Crippen LogP contribution in [0, 0.1) is 0 Å². The Morgan fingerprint density at radius 2 is 1.67 bits per heavy atom. The third-order valence-corrected chi connectivity index (χ3v) is 3.38. The van der Waals surface area contributed by atoms with Gasteiger partial charge in [0, 0.05) is 29.9 Å². The summed E-state index contributed by atoms with van der Waals surface area (Å²) in [6.45, 7) is 1.53. The molecule has 94 valence electrons. The summed E-state index contributed by atoms with van der Waals surface area (Å²) in [5, 5.41) is 1.35. The zero-order valence-corrected chi connectivity index (χ0v) is 11.6. The van der Waals surface area contributed by atoms with Gasteiger partial charge in [0.05, 0.1) is 0 Å². The Bertz CT molecular complexity index is 481. The predicted octanol–water partition coefficient (Wildman–Crippen LogP) is 4.02. The van der Waals surface area contributed by atoms with E-state index in [1.54, 1.807) is 6.20 Å². The summed E-state index contributed by atoms with van der Waals surface area (Å²) in [7, 11) is 2.03. The van der Waals surface area contributed by atoms with Crippen molar-refractivity contribution in [3.63, 3.8) is 0 Å². The molecule has 4 heteroatoms. The first kappa shape index (κ1) is 13.3. The molecule has 0 aliphatic carbocycles. The lowest BCUT2D eigenvalue weighted by Crippen LogP contribution is -2.17. The number of hydrogen-bond acceptors (Lipinski definition) is 2. The molecular formula is C14H14Cl2N2. The SMILES string of the molecule is CN(Cc1ccccc1Cl)Cc1cccnc1Cl. The average Bonchev–Trinajstić information content (AvgIpc) is 2.35. The van der Waals surface area contributed by atoms with Crippen LogP contribution in [0.4, 0.5) is 0 Å². The number of nitrogens with zero attached hydrogens (tertiary/aromatic N) is 2. The van der Waals surface area contributed by atoms with Gasteiger partial charge in [-0.2, -0.15) is 0 Å². The van der Waals surface area contributed by atoms with Gasteiger partial charge in [-0.15, -0.1) is 0 Å². The highest BCUT2D eigenvalue weighted by atomic mass is 35.5. The first-order valence-corrected chi connectivity index (χ1v) is 6.44. The minimum absolute atomic E-state index is 0.559. The molecule has 0 spiro atoms. The van der Waals surface area contributed by atoms with Crippen molar-refractivity contribution in [3.05, 3.63) is 63.9 Å². The molecule has 0 N–H and O–H groups in total. The van der Waals surface area contributed by atoms with Crippen LogP contribution in [0.15, 0.2) is 42.6 Å². The number of benzene rings is 1. The van der Waals surface area contributed by atoms with Gasteiger partial charge in [-0.05, 0) is 24.7 Å². The molecule has 0 saturated heterocycles. The lowest BCUT2D eigenvalue weighted by Gasteiger charge is -2.17. The molecule has 1 heterocycles. The van der Waals surface area contributed by atoms with Gasteiger partial charge in [0.1, 0.15) is 5.15 Å². The van der Waals surface area contributed by atoms with Gasteiger partial charge in [0.15, 0.2) is 0 Å². The van der Waals surface area contributed by atoms with Crippen LogP contribution >= 0.6 is 23.2 Å². The fourth-order valence-electron chi connectivity index (χ4n) is 1.80. The van der Waals surface area contributed by atoms with E-state index in [-0.39, 0.29) is 0 Å². The van der Waals surface area contributed by atoms with Crippen molar-refractivity contribution in [2.75, 3.05) is 7.05 Å². The maximum Gasteiger partial charge on any atom is 0.133 e. The van der Waals surface area contributed by atoms with Crippen LogP contribution in [0.1, 0.15) is 11.1 Å². The Balaban J connectivity index is 2.04. The molecule has 0 aliphatic heterocycles. The van der Waals surface area contributed by atoms with Crippen LogP contribution in [0.2, 0.25) is 10.2 Å². The average molecular weight is 281 g/mol. The van der Waals surface area contributed by atoms with E-state index in [0.717, 1.165) is 29.2 Å².